The van der Waals surface area contributed by atoms with Gasteiger partial charge in [-0.2, -0.15) is 4.98 Å². The van der Waals surface area contributed by atoms with Gasteiger partial charge in [0, 0.05) is 38.8 Å². The SMILES string of the molecule is CC(C)=CCn1c(N2CCCC(N)C2)nc2c1c(=O)n(C)c(=O)n2C1CC1. The van der Waals surface area contributed by atoms with Crippen LogP contribution in [0.5, 0.6) is 0 Å². The Bertz CT molecular complexity index is 1020. The lowest BCUT2D eigenvalue weighted by Crippen LogP contribution is -2.44. The van der Waals surface area contributed by atoms with E-state index < -0.39 is 0 Å². The lowest BCUT2D eigenvalue weighted by atomic mass is 10.1. The fourth-order valence-electron chi connectivity index (χ4n) is 3.85. The number of aromatic nitrogens is 4. The van der Waals surface area contributed by atoms with E-state index >= 15 is 0 Å². The molecule has 27 heavy (non-hydrogen) atoms. The number of nitrogens with zero attached hydrogens (tertiary/aromatic N) is 5. The number of allylic oxidation sites excluding steroid dienone is 2. The minimum Gasteiger partial charge on any atom is -0.341 e. The molecule has 3 heterocycles. The summed E-state index contributed by atoms with van der Waals surface area (Å²) in [4.78, 5) is 32.7. The van der Waals surface area contributed by atoms with Gasteiger partial charge in [-0.3, -0.25) is 13.9 Å². The van der Waals surface area contributed by atoms with Gasteiger partial charge in [0.25, 0.3) is 5.56 Å². The van der Waals surface area contributed by atoms with Crippen molar-refractivity contribution in [2.24, 2.45) is 12.8 Å². The van der Waals surface area contributed by atoms with Crippen molar-refractivity contribution in [2.75, 3.05) is 18.0 Å². The average Bonchev–Trinajstić information content (AvgIpc) is 3.38. The maximum atomic E-state index is 13.0. The van der Waals surface area contributed by atoms with Crippen molar-refractivity contribution in [3.8, 4) is 0 Å². The fraction of sp³-hybridized carbons (Fsp3) is 0.632. The normalized spacial score (nSPS) is 20.3. The zero-order valence-electron chi connectivity index (χ0n) is 16.3. The summed E-state index contributed by atoms with van der Waals surface area (Å²) in [6, 6.07) is 0.249. The molecule has 2 aromatic rings. The van der Waals surface area contributed by atoms with E-state index in [1.165, 1.54) is 10.1 Å². The second kappa shape index (κ2) is 6.67. The highest BCUT2D eigenvalue weighted by atomic mass is 16.2. The Labute approximate surface area is 157 Å². The van der Waals surface area contributed by atoms with Crippen molar-refractivity contribution >= 4 is 17.1 Å². The Kier molecular flexibility index (Phi) is 4.46. The first-order valence-electron chi connectivity index (χ1n) is 9.74. The van der Waals surface area contributed by atoms with E-state index in [1.807, 2.05) is 18.4 Å². The first kappa shape index (κ1) is 18.0. The van der Waals surface area contributed by atoms with Crippen molar-refractivity contribution in [2.45, 2.75) is 58.2 Å². The number of hydrogen-bond acceptors (Lipinski definition) is 5. The van der Waals surface area contributed by atoms with E-state index in [2.05, 4.69) is 11.0 Å². The average molecular weight is 372 g/mol. The largest absolute Gasteiger partial charge is 0.341 e. The van der Waals surface area contributed by atoms with E-state index in [1.54, 1.807) is 11.6 Å². The van der Waals surface area contributed by atoms with Gasteiger partial charge in [0.15, 0.2) is 11.2 Å². The van der Waals surface area contributed by atoms with Crippen molar-refractivity contribution in [3.63, 3.8) is 0 Å². The van der Waals surface area contributed by atoms with E-state index in [9.17, 15) is 9.59 Å². The number of fused-ring (bicyclic) bond motifs is 1. The maximum absolute atomic E-state index is 13.0. The summed E-state index contributed by atoms with van der Waals surface area (Å²) in [6.07, 6.45) is 6.00. The number of anilines is 1. The van der Waals surface area contributed by atoms with Crippen molar-refractivity contribution < 1.29 is 0 Å². The summed E-state index contributed by atoms with van der Waals surface area (Å²) < 4.78 is 4.89. The van der Waals surface area contributed by atoms with Crippen LogP contribution < -0.4 is 21.9 Å². The molecule has 0 bridgehead atoms. The van der Waals surface area contributed by atoms with Crippen LogP contribution in [0, 0.1) is 0 Å². The topological polar surface area (TPSA) is 91.1 Å². The summed E-state index contributed by atoms with van der Waals surface area (Å²) in [6.45, 7) is 6.20. The molecule has 2 N–H and O–H groups in total. The third-order valence-electron chi connectivity index (χ3n) is 5.49. The first-order chi connectivity index (χ1) is 12.9. The molecule has 2 fully saturated rings. The lowest BCUT2D eigenvalue weighted by molar-refractivity contribution is 0.495. The van der Waals surface area contributed by atoms with Crippen LogP contribution in [-0.4, -0.2) is 37.8 Å². The molecule has 1 aliphatic heterocycles. The molecule has 146 valence electrons. The Morgan fingerprint density at radius 1 is 1.26 bits per heavy atom. The number of hydrogen-bond donors (Lipinski definition) is 1. The van der Waals surface area contributed by atoms with Crippen LogP contribution in [0.1, 0.15) is 45.6 Å². The van der Waals surface area contributed by atoms with Gasteiger partial charge in [-0.05, 0) is 39.5 Å². The summed E-state index contributed by atoms with van der Waals surface area (Å²) in [5.41, 5.74) is 7.82. The molecule has 8 heteroatoms. The third kappa shape index (κ3) is 3.12. The predicted octanol–water partition coefficient (Wildman–Crippen LogP) is 1.13. The highest BCUT2D eigenvalue weighted by molar-refractivity contribution is 5.75. The molecule has 0 spiro atoms. The predicted molar refractivity (Wildman–Crippen MR) is 106 cm³/mol. The second-order valence-corrected chi connectivity index (χ2v) is 8.07. The molecule has 0 amide bonds. The summed E-state index contributed by atoms with van der Waals surface area (Å²) in [5.74, 6) is 0.745. The third-order valence-corrected chi connectivity index (χ3v) is 5.49. The van der Waals surface area contributed by atoms with E-state index in [0.29, 0.717) is 24.3 Å². The molecular weight excluding hydrogens is 344 g/mol. The molecule has 1 unspecified atom stereocenters. The van der Waals surface area contributed by atoms with Gasteiger partial charge in [0.2, 0.25) is 5.95 Å². The minimum atomic E-state index is -0.283. The van der Waals surface area contributed by atoms with Crippen molar-refractivity contribution in [3.05, 3.63) is 32.5 Å². The Hall–Kier alpha value is -2.35. The molecular formula is C19H28N6O2. The van der Waals surface area contributed by atoms with Gasteiger partial charge in [-0.1, -0.05) is 11.6 Å². The highest BCUT2D eigenvalue weighted by Gasteiger charge is 2.32. The number of rotatable bonds is 4. The molecule has 1 atom stereocenters. The van der Waals surface area contributed by atoms with Gasteiger partial charge < -0.3 is 15.2 Å². The van der Waals surface area contributed by atoms with Crippen molar-refractivity contribution in [1.29, 1.82) is 0 Å². The van der Waals surface area contributed by atoms with Crippen LogP contribution in [0.15, 0.2) is 21.2 Å². The van der Waals surface area contributed by atoms with Crippen LogP contribution in [0.4, 0.5) is 5.95 Å². The minimum absolute atomic E-state index is 0.101. The monoisotopic (exact) mass is 372 g/mol. The first-order valence-corrected chi connectivity index (χ1v) is 9.74. The van der Waals surface area contributed by atoms with Gasteiger partial charge in [-0.15, -0.1) is 0 Å². The number of nitrogens with two attached hydrogens (primary N) is 1. The van der Waals surface area contributed by atoms with E-state index in [0.717, 1.165) is 38.2 Å². The van der Waals surface area contributed by atoms with Crippen LogP contribution in [0.3, 0.4) is 0 Å². The molecule has 0 radical (unpaired) electrons. The van der Waals surface area contributed by atoms with Gasteiger partial charge in [0.1, 0.15) is 0 Å². The highest BCUT2D eigenvalue weighted by Crippen LogP contribution is 2.36. The van der Waals surface area contributed by atoms with Crippen LogP contribution >= 0.6 is 0 Å². The van der Waals surface area contributed by atoms with Gasteiger partial charge >= 0.3 is 5.69 Å². The quantitative estimate of drug-likeness (QED) is 0.813. The zero-order valence-corrected chi connectivity index (χ0v) is 16.3. The van der Waals surface area contributed by atoms with Crippen LogP contribution in [0.2, 0.25) is 0 Å². The standard InChI is InChI=1S/C19H28N6O2/c1-12(2)8-10-24-15-16(21-18(24)23-9-4-5-13(20)11-23)25(14-6-7-14)19(27)22(3)17(15)26/h8,13-14H,4-7,9-11,20H2,1-3H3. The van der Waals surface area contributed by atoms with E-state index in [4.69, 9.17) is 10.7 Å². The molecule has 4 rings (SSSR count). The Balaban J connectivity index is 1.99. The lowest BCUT2D eigenvalue weighted by Gasteiger charge is -2.31. The van der Waals surface area contributed by atoms with Crippen molar-refractivity contribution in [1.82, 2.24) is 18.7 Å². The molecule has 1 saturated carbocycles. The summed E-state index contributed by atoms with van der Waals surface area (Å²) >= 11 is 0. The van der Waals surface area contributed by atoms with Gasteiger partial charge in [-0.25, -0.2) is 4.79 Å². The molecule has 0 aromatic carbocycles. The molecule has 8 nitrogen and oxygen atoms in total. The van der Waals surface area contributed by atoms with Gasteiger partial charge in [0.05, 0.1) is 0 Å². The molecule has 2 aliphatic rings. The molecule has 1 saturated heterocycles. The van der Waals surface area contributed by atoms with Crippen LogP contribution in [0.25, 0.3) is 11.2 Å². The van der Waals surface area contributed by atoms with E-state index in [-0.39, 0.29) is 23.3 Å². The number of piperidine rings is 1. The number of imidazole rings is 1. The summed E-state index contributed by atoms with van der Waals surface area (Å²) in [7, 11) is 1.55. The van der Waals surface area contributed by atoms with Crippen LogP contribution in [-0.2, 0) is 13.6 Å². The Morgan fingerprint density at radius 2 is 2.00 bits per heavy atom. The Morgan fingerprint density at radius 3 is 2.63 bits per heavy atom. The zero-order chi connectivity index (χ0) is 19.3. The fourth-order valence-corrected chi connectivity index (χ4v) is 3.85. The second-order valence-electron chi connectivity index (χ2n) is 8.07. The maximum Gasteiger partial charge on any atom is 0.332 e. The molecule has 1 aliphatic carbocycles. The molecule has 2 aromatic heterocycles. The summed E-state index contributed by atoms with van der Waals surface area (Å²) in [5, 5.41) is 0. The smallest absolute Gasteiger partial charge is 0.332 e.